The van der Waals surface area contributed by atoms with Gasteiger partial charge in [0.2, 0.25) is 0 Å². The van der Waals surface area contributed by atoms with Crippen molar-refractivity contribution in [3.8, 4) is 5.75 Å². The minimum Gasteiger partial charge on any atom is -0.496 e. The van der Waals surface area contributed by atoms with E-state index < -0.39 is 5.91 Å². The number of para-hydroxylation sites is 1. The summed E-state index contributed by atoms with van der Waals surface area (Å²) in [6.45, 7) is 4.65. The summed E-state index contributed by atoms with van der Waals surface area (Å²) >= 11 is 0. The Bertz CT molecular complexity index is 1120. The quantitative estimate of drug-likeness (QED) is 0.264. The second kappa shape index (κ2) is 10.4. The van der Waals surface area contributed by atoms with Crippen molar-refractivity contribution in [3.05, 3.63) is 70.8 Å². The van der Waals surface area contributed by atoms with Gasteiger partial charge in [-0.15, -0.1) is 0 Å². The van der Waals surface area contributed by atoms with Crippen molar-refractivity contribution in [1.82, 2.24) is 5.32 Å². The number of methoxy groups -OCH3 is 1. The molecule has 0 radical (unpaired) electrons. The van der Waals surface area contributed by atoms with Gasteiger partial charge >= 0.3 is 0 Å². The highest BCUT2D eigenvalue weighted by Gasteiger charge is 2.32. The summed E-state index contributed by atoms with van der Waals surface area (Å²) in [5.74, 6) is -0.520. The number of nitrogens with zero attached hydrogens (tertiary/aromatic N) is 1. The van der Waals surface area contributed by atoms with Crippen LogP contribution in [0.3, 0.4) is 0 Å². The van der Waals surface area contributed by atoms with Crippen molar-refractivity contribution in [3.63, 3.8) is 0 Å². The zero-order valence-electron chi connectivity index (χ0n) is 19.6. The van der Waals surface area contributed by atoms with Crippen LogP contribution in [0.5, 0.6) is 5.75 Å². The maximum atomic E-state index is 12.5. The molecule has 0 aliphatic carbocycles. The summed E-state index contributed by atoms with van der Waals surface area (Å²) in [5.41, 5.74) is 19.6. The number of nitrogens with one attached hydrogen (secondary N) is 1. The van der Waals surface area contributed by atoms with E-state index in [1.807, 2.05) is 13.8 Å². The van der Waals surface area contributed by atoms with Crippen LogP contribution in [0.2, 0.25) is 0 Å². The van der Waals surface area contributed by atoms with Crippen LogP contribution in [0.15, 0.2) is 59.1 Å². The van der Waals surface area contributed by atoms with Crippen molar-refractivity contribution < 1.29 is 19.1 Å². The third kappa shape index (κ3) is 5.93. The molecule has 0 saturated carbocycles. The van der Waals surface area contributed by atoms with Gasteiger partial charge in [-0.25, -0.2) is 0 Å². The van der Waals surface area contributed by atoms with Gasteiger partial charge in [0.05, 0.1) is 36.6 Å². The first kappa shape index (κ1) is 24.8. The second-order valence-electron chi connectivity index (χ2n) is 8.68. The van der Waals surface area contributed by atoms with Gasteiger partial charge < -0.3 is 32.0 Å². The van der Waals surface area contributed by atoms with Crippen LogP contribution in [0.25, 0.3) is 5.70 Å². The molecule has 2 amide bonds. The van der Waals surface area contributed by atoms with Crippen LogP contribution in [-0.4, -0.2) is 43.0 Å². The normalized spacial score (nSPS) is 18.2. The summed E-state index contributed by atoms with van der Waals surface area (Å²) in [7, 11) is 1.52. The highest BCUT2D eigenvalue weighted by Crippen LogP contribution is 2.27. The minimum atomic E-state index is -0.759. The third-order valence-electron chi connectivity index (χ3n) is 5.56. The minimum absolute atomic E-state index is 0.00977. The van der Waals surface area contributed by atoms with Gasteiger partial charge in [-0.05, 0) is 37.1 Å². The molecule has 7 N–H and O–H groups in total. The molecule has 1 unspecified atom stereocenters. The van der Waals surface area contributed by atoms with E-state index in [4.69, 9.17) is 26.7 Å². The Morgan fingerprint density at radius 2 is 1.79 bits per heavy atom. The number of ether oxygens (including phenoxy) is 2. The molecule has 1 fully saturated rings. The van der Waals surface area contributed by atoms with E-state index in [1.165, 1.54) is 7.11 Å². The molecule has 1 aliphatic rings. The number of hydrogen-bond donors (Lipinski definition) is 4. The summed E-state index contributed by atoms with van der Waals surface area (Å²) in [5, 5.41) is 2.86. The Morgan fingerprint density at radius 3 is 2.38 bits per heavy atom. The number of carbonyl (C=O) groups is 2. The molecule has 2 aromatic rings. The number of amides is 2. The predicted molar refractivity (Wildman–Crippen MR) is 131 cm³/mol. The lowest BCUT2D eigenvalue weighted by Crippen LogP contribution is -2.31. The summed E-state index contributed by atoms with van der Waals surface area (Å²) in [6, 6.07) is 13.9. The zero-order chi connectivity index (χ0) is 24.9. The monoisotopic (exact) mass is 465 g/mol. The molecule has 3 rings (SSSR count). The van der Waals surface area contributed by atoms with Gasteiger partial charge in [0, 0.05) is 13.0 Å². The largest absolute Gasteiger partial charge is 0.496 e. The van der Waals surface area contributed by atoms with E-state index in [2.05, 4.69) is 10.3 Å². The second-order valence-corrected chi connectivity index (χ2v) is 8.68. The number of rotatable bonds is 8. The fraction of sp³-hybridized carbons (Fsp3) is 0.320. The molecule has 0 aromatic heterocycles. The Kier molecular flexibility index (Phi) is 7.57. The first-order chi connectivity index (χ1) is 16.1. The average Bonchev–Trinajstić information content (AvgIpc) is 3.15. The summed E-state index contributed by atoms with van der Waals surface area (Å²) in [4.78, 5) is 29.0. The number of benzene rings is 2. The molecule has 34 heavy (non-hydrogen) atoms. The highest BCUT2D eigenvalue weighted by molar-refractivity contribution is 6.24. The van der Waals surface area contributed by atoms with Crippen LogP contribution in [0, 0.1) is 0 Å². The van der Waals surface area contributed by atoms with Gasteiger partial charge in [0.25, 0.3) is 11.8 Å². The lowest BCUT2D eigenvalue weighted by molar-refractivity contribution is -0.114. The van der Waals surface area contributed by atoms with Crippen molar-refractivity contribution in [1.29, 1.82) is 0 Å². The lowest BCUT2D eigenvalue weighted by Gasteiger charge is -2.15. The molecule has 180 valence electrons. The van der Waals surface area contributed by atoms with Crippen LogP contribution in [0.1, 0.15) is 41.8 Å². The van der Waals surface area contributed by atoms with E-state index in [1.54, 1.807) is 48.5 Å². The summed E-state index contributed by atoms with van der Waals surface area (Å²) < 4.78 is 10.9. The first-order valence-electron chi connectivity index (χ1n) is 10.9. The SMILES string of the molecule is COc1ccccc1C(=O)NCc1ccc(C(N)=C(C(N)=O)C(N)=NC2COC(C)(C)C2)cc1. The highest BCUT2D eigenvalue weighted by atomic mass is 16.5. The number of amidine groups is 1. The fourth-order valence-electron chi connectivity index (χ4n) is 3.80. The smallest absolute Gasteiger partial charge is 0.255 e. The van der Waals surface area contributed by atoms with Crippen LogP contribution < -0.4 is 27.3 Å². The molecule has 1 saturated heterocycles. The number of carbonyl (C=O) groups excluding carboxylic acids is 2. The number of hydrogen-bond acceptors (Lipinski definition) is 6. The Balaban J connectivity index is 1.73. The van der Waals surface area contributed by atoms with E-state index in [0.717, 1.165) is 5.56 Å². The van der Waals surface area contributed by atoms with E-state index >= 15 is 0 Å². The fourth-order valence-corrected chi connectivity index (χ4v) is 3.80. The first-order valence-corrected chi connectivity index (χ1v) is 10.9. The molecular formula is C25H31N5O4. The topological polar surface area (TPSA) is 155 Å². The lowest BCUT2D eigenvalue weighted by atomic mass is 10.0. The van der Waals surface area contributed by atoms with Crippen molar-refractivity contribution in [2.45, 2.75) is 38.5 Å². The van der Waals surface area contributed by atoms with E-state index in [9.17, 15) is 9.59 Å². The Labute approximate surface area is 199 Å². The number of primary amides is 1. The molecular weight excluding hydrogens is 434 g/mol. The van der Waals surface area contributed by atoms with Crippen molar-refractivity contribution in [2.75, 3.05) is 13.7 Å². The van der Waals surface area contributed by atoms with Crippen LogP contribution >= 0.6 is 0 Å². The van der Waals surface area contributed by atoms with Gasteiger partial charge in [-0.3, -0.25) is 14.6 Å². The molecule has 0 bridgehead atoms. The Hall–Kier alpha value is -3.85. The van der Waals surface area contributed by atoms with Gasteiger partial charge in [0.15, 0.2) is 0 Å². The van der Waals surface area contributed by atoms with Crippen molar-refractivity contribution >= 4 is 23.3 Å². The van der Waals surface area contributed by atoms with Crippen LogP contribution in [0.4, 0.5) is 0 Å². The molecule has 1 atom stereocenters. The molecule has 1 heterocycles. The standard InChI is InChI=1S/C25H31N5O4/c1-25(2)12-17(14-34-25)30-22(27)20(23(28)31)21(26)16-10-8-15(9-11-16)13-29-24(32)18-6-4-5-7-19(18)33-3/h4-11,17H,12-14,26H2,1-3H3,(H2,27,30)(H2,28,31)(H,29,32). The molecule has 0 spiro atoms. The molecule has 2 aromatic carbocycles. The zero-order valence-corrected chi connectivity index (χ0v) is 19.6. The summed E-state index contributed by atoms with van der Waals surface area (Å²) in [6.07, 6.45) is 0.676. The number of aliphatic imine (C=N–C) groups is 1. The van der Waals surface area contributed by atoms with E-state index in [-0.39, 0.29) is 34.7 Å². The number of nitrogens with two attached hydrogens (primary N) is 3. The molecule has 9 heteroatoms. The van der Waals surface area contributed by atoms with E-state index in [0.29, 0.717) is 36.4 Å². The van der Waals surface area contributed by atoms with Crippen LogP contribution in [-0.2, 0) is 16.1 Å². The third-order valence-corrected chi connectivity index (χ3v) is 5.56. The maximum Gasteiger partial charge on any atom is 0.255 e. The Morgan fingerprint density at radius 1 is 1.12 bits per heavy atom. The molecule has 1 aliphatic heterocycles. The average molecular weight is 466 g/mol. The van der Waals surface area contributed by atoms with Gasteiger partial charge in [0.1, 0.15) is 17.2 Å². The van der Waals surface area contributed by atoms with Gasteiger partial charge in [-0.2, -0.15) is 0 Å². The van der Waals surface area contributed by atoms with Gasteiger partial charge in [-0.1, -0.05) is 36.4 Å². The maximum absolute atomic E-state index is 12.5. The predicted octanol–water partition coefficient (Wildman–Crippen LogP) is 1.71. The molecule has 9 nitrogen and oxygen atoms in total. The van der Waals surface area contributed by atoms with Crippen molar-refractivity contribution in [2.24, 2.45) is 22.2 Å².